The van der Waals surface area contributed by atoms with Crippen LogP contribution in [0.15, 0.2) is 42.6 Å². The molecule has 1 fully saturated rings. The molecule has 1 aliphatic rings. The van der Waals surface area contributed by atoms with Gasteiger partial charge < -0.3 is 10.6 Å². The quantitative estimate of drug-likeness (QED) is 0.898. The first kappa shape index (κ1) is 17.9. The van der Waals surface area contributed by atoms with Crippen LogP contribution in [-0.4, -0.2) is 29.5 Å². The van der Waals surface area contributed by atoms with Crippen LogP contribution >= 0.6 is 12.4 Å². The van der Waals surface area contributed by atoms with Crippen molar-refractivity contribution in [3.63, 3.8) is 0 Å². The van der Waals surface area contributed by atoms with E-state index >= 15 is 0 Å². The van der Waals surface area contributed by atoms with Crippen LogP contribution in [0.25, 0.3) is 11.1 Å². The number of pyridine rings is 1. The Morgan fingerprint density at radius 3 is 2.83 bits per heavy atom. The maximum atomic E-state index is 12.4. The number of amides is 1. The number of rotatable bonds is 3. The van der Waals surface area contributed by atoms with Gasteiger partial charge in [-0.05, 0) is 48.7 Å². The van der Waals surface area contributed by atoms with Crippen LogP contribution < -0.4 is 10.6 Å². The van der Waals surface area contributed by atoms with Gasteiger partial charge in [0.25, 0.3) is 5.91 Å². The lowest BCUT2D eigenvalue weighted by Gasteiger charge is -2.11. The molecule has 1 aliphatic heterocycles. The van der Waals surface area contributed by atoms with E-state index in [1.807, 2.05) is 18.2 Å². The third kappa shape index (κ3) is 4.10. The normalized spacial score (nSPS) is 19.2. The first-order valence-corrected chi connectivity index (χ1v) is 7.66. The van der Waals surface area contributed by atoms with Crippen molar-refractivity contribution < 1.29 is 4.79 Å². The summed E-state index contributed by atoms with van der Waals surface area (Å²) in [5.74, 6) is -0.163. The average molecular weight is 343 g/mol. The highest BCUT2D eigenvalue weighted by molar-refractivity contribution is 5.93. The number of nitrogens with zero attached hydrogens (tertiary/aromatic N) is 2. The molecule has 2 atom stereocenters. The molecule has 0 aliphatic carbocycles. The molecule has 0 unspecified atom stereocenters. The van der Waals surface area contributed by atoms with Gasteiger partial charge in [0.2, 0.25) is 0 Å². The number of carbonyl (C=O) groups excluding carboxylic acids is 1. The molecule has 6 heteroatoms. The summed E-state index contributed by atoms with van der Waals surface area (Å²) in [7, 11) is 0. The standard InChI is InChI=1S/C18H18N4O.ClH/c1-12-7-16(11-21-12)22-18(23)17-9-15(5-6-20-17)14-4-2-3-13(8-14)10-19;/h2-6,8-9,12,16,21H,7,11H2,1H3,(H,22,23);1H/t12-,16-;/m1./s1. The molecule has 0 spiro atoms. The second-order valence-corrected chi connectivity index (χ2v) is 5.84. The van der Waals surface area contributed by atoms with Gasteiger partial charge in [0, 0.05) is 24.8 Å². The van der Waals surface area contributed by atoms with Crippen molar-refractivity contribution in [3.8, 4) is 17.2 Å². The van der Waals surface area contributed by atoms with E-state index in [2.05, 4.69) is 28.6 Å². The van der Waals surface area contributed by atoms with Gasteiger partial charge in [-0.2, -0.15) is 5.26 Å². The summed E-state index contributed by atoms with van der Waals surface area (Å²) in [6.07, 6.45) is 2.55. The van der Waals surface area contributed by atoms with Crippen molar-refractivity contribution in [1.82, 2.24) is 15.6 Å². The molecule has 0 bridgehead atoms. The molecule has 0 radical (unpaired) electrons. The Bertz CT molecular complexity index is 772. The predicted molar refractivity (Wildman–Crippen MR) is 95.0 cm³/mol. The summed E-state index contributed by atoms with van der Waals surface area (Å²) < 4.78 is 0. The van der Waals surface area contributed by atoms with Crippen molar-refractivity contribution >= 4 is 18.3 Å². The number of aromatic nitrogens is 1. The van der Waals surface area contributed by atoms with Crippen LogP contribution in [0.5, 0.6) is 0 Å². The van der Waals surface area contributed by atoms with Crippen molar-refractivity contribution in [2.75, 3.05) is 6.54 Å². The topological polar surface area (TPSA) is 77.8 Å². The third-order valence-corrected chi connectivity index (χ3v) is 4.00. The highest BCUT2D eigenvalue weighted by Crippen LogP contribution is 2.20. The van der Waals surface area contributed by atoms with Gasteiger partial charge >= 0.3 is 0 Å². The molecule has 1 saturated heterocycles. The highest BCUT2D eigenvalue weighted by atomic mass is 35.5. The first-order valence-electron chi connectivity index (χ1n) is 7.66. The molecule has 2 heterocycles. The Kier molecular flexibility index (Phi) is 5.91. The molecule has 1 aromatic heterocycles. The average Bonchev–Trinajstić information content (AvgIpc) is 3.00. The number of nitriles is 1. The monoisotopic (exact) mass is 342 g/mol. The second kappa shape index (κ2) is 7.91. The molecular weight excluding hydrogens is 324 g/mol. The molecule has 3 rings (SSSR count). The van der Waals surface area contributed by atoms with Gasteiger partial charge in [0.05, 0.1) is 11.6 Å². The summed E-state index contributed by atoms with van der Waals surface area (Å²) in [6, 6.07) is 13.6. The molecule has 1 aromatic carbocycles. The third-order valence-electron chi connectivity index (χ3n) is 4.00. The van der Waals surface area contributed by atoms with E-state index in [4.69, 9.17) is 5.26 Å². The maximum Gasteiger partial charge on any atom is 0.270 e. The zero-order chi connectivity index (χ0) is 16.2. The minimum atomic E-state index is -0.163. The van der Waals surface area contributed by atoms with E-state index in [1.54, 1.807) is 24.4 Å². The smallest absolute Gasteiger partial charge is 0.270 e. The number of hydrogen-bond acceptors (Lipinski definition) is 4. The Balaban J connectivity index is 0.00000208. The van der Waals surface area contributed by atoms with Crippen molar-refractivity contribution in [2.45, 2.75) is 25.4 Å². The van der Waals surface area contributed by atoms with Crippen LogP contribution in [0, 0.1) is 11.3 Å². The van der Waals surface area contributed by atoms with E-state index in [1.165, 1.54) is 0 Å². The van der Waals surface area contributed by atoms with E-state index in [0.29, 0.717) is 17.3 Å². The van der Waals surface area contributed by atoms with Gasteiger partial charge in [0.15, 0.2) is 0 Å². The highest BCUT2D eigenvalue weighted by Gasteiger charge is 2.23. The number of halogens is 1. The second-order valence-electron chi connectivity index (χ2n) is 5.84. The predicted octanol–water partition coefficient (Wildman–Crippen LogP) is 2.52. The van der Waals surface area contributed by atoms with E-state index < -0.39 is 0 Å². The van der Waals surface area contributed by atoms with Gasteiger partial charge in [-0.3, -0.25) is 9.78 Å². The summed E-state index contributed by atoms with van der Waals surface area (Å²) in [5, 5.41) is 15.3. The molecule has 2 aromatic rings. The summed E-state index contributed by atoms with van der Waals surface area (Å²) in [6.45, 7) is 2.89. The summed E-state index contributed by atoms with van der Waals surface area (Å²) >= 11 is 0. The maximum absolute atomic E-state index is 12.4. The molecule has 24 heavy (non-hydrogen) atoms. The first-order chi connectivity index (χ1) is 11.2. The Labute approximate surface area is 147 Å². The number of benzene rings is 1. The Morgan fingerprint density at radius 2 is 2.12 bits per heavy atom. The minimum absolute atomic E-state index is 0. The van der Waals surface area contributed by atoms with E-state index in [-0.39, 0.29) is 24.4 Å². The van der Waals surface area contributed by atoms with Gasteiger partial charge in [-0.15, -0.1) is 12.4 Å². The van der Waals surface area contributed by atoms with Gasteiger partial charge in [0.1, 0.15) is 5.69 Å². The fraction of sp³-hybridized carbons (Fsp3) is 0.278. The number of nitrogens with one attached hydrogen (secondary N) is 2. The van der Waals surface area contributed by atoms with Crippen LogP contribution in [0.2, 0.25) is 0 Å². The Morgan fingerprint density at radius 1 is 1.33 bits per heavy atom. The van der Waals surface area contributed by atoms with Crippen molar-refractivity contribution in [2.24, 2.45) is 0 Å². The van der Waals surface area contributed by atoms with Gasteiger partial charge in [-0.1, -0.05) is 12.1 Å². The van der Waals surface area contributed by atoms with Crippen LogP contribution in [0.1, 0.15) is 29.4 Å². The molecule has 1 amide bonds. The summed E-state index contributed by atoms with van der Waals surface area (Å²) in [4.78, 5) is 16.5. The molecule has 0 saturated carbocycles. The lowest BCUT2D eigenvalue weighted by molar-refractivity contribution is 0.0935. The molecule has 124 valence electrons. The van der Waals surface area contributed by atoms with Crippen LogP contribution in [0.4, 0.5) is 0 Å². The molecular formula is C18H19ClN4O. The number of carbonyl (C=O) groups is 1. The van der Waals surface area contributed by atoms with Crippen LogP contribution in [0.3, 0.4) is 0 Å². The molecule has 5 nitrogen and oxygen atoms in total. The largest absolute Gasteiger partial charge is 0.347 e. The van der Waals surface area contributed by atoms with Crippen molar-refractivity contribution in [3.05, 3.63) is 53.9 Å². The fourth-order valence-corrected chi connectivity index (χ4v) is 2.81. The fourth-order valence-electron chi connectivity index (χ4n) is 2.81. The van der Waals surface area contributed by atoms with Crippen LogP contribution in [-0.2, 0) is 0 Å². The van der Waals surface area contributed by atoms with Crippen molar-refractivity contribution in [1.29, 1.82) is 5.26 Å². The number of hydrogen-bond donors (Lipinski definition) is 2. The van der Waals surface area contributed by atoms with Gasteiger partial charge in [-0.25, -0.2) is 0 Å². The molecule has 2 N–H and O–H groups in total. The summed E-state index contributed by atoms with van der Waals surface area (Å²) in [5.41, 5.74) is 2.76. The van der Waals surface area contributed by atoms with E-state index in [9.17, 15) is 4.79 Å². The Hall–Kier alpha value is -2.42. The van der Waals surface area contributed by atoms with E-state index in [0.717, 1.165) is 24.1 Å². The minimum Gasteiger partial charge on any atom is -0.347 e. The lowest BCUT2D eigenvalue weighted by Crippen LogP contribution is -2.36. The zero-order valence-electron chi connectivity index (χ0n) is 13.3. The lowest BCUT2D eigenvalue weighted by atomic mass is 10.0. The SMILES string of the molecule is C[C@@H]1C[C@@H](NC(=O)c2cc(-c3cccc(C#N)c3)ccn2)CN1.Cl. The zero-order valence-corrected chi connectivity index (χ0v) is 14.1.